The first-order chi connectivity index (χ1) is 8.76. The summed E-state index contributed by atoms with van der Waals surface area (Å²) >= 11 is 0. The third kappa shape index (κ3) is 1.90. The van der Waals surface area contributed by atoms with Crippen LogP contribution in [0.1, 0.15) is 23.7 Å². The molecule has 2 aromatic rings. The third-order valence-corrected chi connectivity index (χ3v) is 3.37. The summed E-state index contributed by atoms with van der Waals surface area (Å²) in [7, 11) is 0. The molecular formula is C16H16N2. The summed E-state index contributed by atoms with van der Waals surface area (Å²) in [5.74, 6) is 0.598. The summed E-state index contributed by atoms with van der Waals surface area (Å²) in [6, 6.07) is 10.7. The molecule has 1 aromatic heterocycles. The molecule has 0 saturated carbocycles. The molecule has 90 valence electrons. The second-order valence-electron chi connectivity index (χ2n) is 4.65. The highest BCUT2D eigenvalue weighted by Crippen LogP contribution is 2.28. The van der Waals surface area contributed by atoms with Crippen LogP contribution in [-0.4, -0.2) is 4.98 Å². The first kappa shape index (κ1) is 11.0. The Kier molecular flexibility index (Phi) is 2.63. The van der Waals surface area contributed by atoms with E-state index >= 15 is 0 Å². The molecule has 0 amide bonds. The Labute approximate surface area is 107 Å². The van der Waals surface area contributed by atoms with Gasteiger partial charge in [-0.05, 0) is 53.3 Å². The van der Waals surface area contributed by atoms with Crippen molar-refractivity contribution in [3.63, 3.8) is 0 Å². The van der Waals surface area contributed by atoms with E-state index in [1.165, 1.54) is 16.7 Å². The van der Waals surface area contributed by atoms with Gasteiger partial charge in [0.2, 0.25) is 0 Å². The topological polar surface area (TPSA) is 38.9 Å². The number of aromatic nitrogens is 1. The van der Waals surface area contributed by atoms with E-state index in [2.05, 4.69) is 48.3 Å². The van der Waals surface area contributed by atoms with Crippen molar-refractivity contribution >= 4 is 11.9 Å². The number of nitrogen functional groups attached to an aromatic ring is 1. The Morgan fingerprint density at radius 1 is 1.17 bits per heavy atom. The van der Waals surface area contributed by atoms with Crippen LogP contribution in [0.25, 0.3) is 17.2 Å². The first-order valence-corrected chi connectivity index (χ1v) is 6.32. The Hall–Kier alpha value is -2.09. The molecule has 2 heteroatoms. The SMILES string of the molecule is CCc1cc(-c2ccc3c(c2)C=CC3)cc(N)n1. The van der Waals surface area contributed by atoms with E-state index in [1.807, 2.05) is 6.07 Å². The van der Waals surface area contributed by atoms with Crippen molar-refractivity contribution in [3.05, 3.63) is 53.2 Å². The third-order valence-electron chi connectivity index (χ3n) is 3.37. The van der Waals surface area contributed by atoms with E-state index in [0.29, 0.717) is 5.82 Å². The zero-order valence-electron chi connectivity index (χ0n) is 10.5. The van der Waals surface area contributed by atoms with Gasteiger partial charge >= 0.3 is 0 Å². The van der Waals surface area contributed by atoms with Crippen LogP contribution < -0.4 is 5.73 Å². The molecule has 0 saturated heterocycles. The van der Waals surface area contributed by atoms with Crippen LogP contribution in [0.5, 0.6) is 0 Å². The predicted molar refractivity (Wildman–Crippen MR) is 76.2 cm³/mol. The van der Waals surface area contributed by atoms with Crippen LogP contribution in [0.2, 0.25) is 0 Å². The fourth-order valence-electron chi connectivity index (χ4n) is 2.39. The van der Waals surface area contributed by atoms with Crippen LogP contribution in [0.15, 0.2) is 36.4 Å². The van der Waals surface area contributed by atoms with Crippen molar-refractivity contribution in [2.75, 3.05) is 5.73 Å². The molecule has 1 aromatic carbocycles. The molecule has 0 fully saturated rings. The van der Waals surface area contributed by atoms with E-state index in [1.54, 1.807) is 0 Å². The van der Waals surface area contributed by atoms with Crippen molar-refractivity contribution in [3.8, 4) is 11.1 Å². The van der Waals surface area contributed by atoms with Crippen LogP contribution in [-0.2, 0) is 12.8 Å². The van der Waals surface area contributed by atoms with Crippen molar-refractivity contribution in [2.24, 2.45) is 0 Å². The number of hydrogen-bond donors (Lipinski definition) is 1. The van der Waals surface area contributed by atoms with Gasteiger partial charge in [-0.3, -0.25) is 0 Å². The van der Waals surface area contributed by atoms with Gasteiger partial charge in [-0.2, -0.15) is 0 Å². The minimum Gasteiger partial charge on any atom is -0.384 e. The molecule has 0 spiro atoms. The summed E-state index contributed by atoms with van der Waals surface area (Å²) in [5.41, 5.74) is 12.0. The van der Waals surface area contributed by atoms with E-state index in [4.69, 9.17) is 5.73 Å². The van der Waals surface area contributed by atoms with Crippen LogP contribution in [0.4, 0.5) is 5.82 Å². The summed E-state index contributed by atoms with van der Waals surface area (Å²) in [5, 5.41) is 0. The van der Waals surface area contributed by atoms with Gasteiger partial charge in [0.1, 0.15) is 5.82 Å². The lowest BCUT2D eigenvalue weighted by Crippen LogP contribution is -1.96. The summed E-state index contributed by atoms with van der Waals surface area (Å²) in [6.07, 6.45) is 6.34. The monoisotopic (exact) mass is 236 g/mol. The largest absolute Gasteiger partial charge is 0.384 e. The van der Waals surface area contributed by atoms with Gasteiger partial charge in [0, 0.05) is 5.69 Å². The number of nitrogens with zero attached hydrogens (tertiary/aromatic N) is 1. The Balaban J connectivity index is 2.09. The minimum atomic E-state index is 0.598. The fourth-order valence-corrected chi connectivity index (χ4v) is 2.39. The molecule has 2 nitrogen and oxygen atoms in total. The number of benzene rings is 1. The number of allylic oxidation sites excluding steroid dienone is 1. The van der Waals surface area contributed by atoms with E-state index in [9.17, 15) is 0 Å². The maximum atomic E-state index is 5.86. The zero-order valence-corrected chi connectivity index (χ0v) is 10.5. The minimum absolute atomic E-state index is 0.598. The Morgan fingerprint density at radius 3 is 2.89 bits per heavy atom. The normalized spacial score (nSPS) is 12.7. The molecule has 1 heterocycles. The number of rotatable bonds is 2. The number of fused-ring (bicyclic) bond motifs is 1. The second kappa shape index (κ2) is 4.30. The first-order valence-electron chi connectivity index (χ1n) is 6.32. The molecule has 2 N–H and O–H groups in total. The van der Waals surface area contributed by atoms with Gasteiger partial charge in [-0.15, -0.1) is 0 Å². The quantitative estimate of drug-likeness (QED) is 0.867. The van der Waals surface area contributed by atoms with Gasteiger partial charge in [-0.1, -0.05) is 31.2 Å². The summed E-state index contributed by atoms with van der Waals surface area (Å²) in [6.45, 7) is 2.09. The van der Waals surface area contributed by atoms with Gasteiger partial charge in [0.15, 0.2) is 0 Å². The molecule has 18 heavy (non-hydrogen) atoms. The zero-order chi connectivity index (χ0) is 12.5. The average molecular weight is 236 g/mol. The van der Waals surface area contributed by atoms with E-state index in [0.717, 1.165) is 24.1 Å². The Bertz CT molecular complexity index is 627. The summed E-state index contributed by atoms with van der Waals surface area (Å²) < 4.78 is 0. The number of pyridine rings is 1. The highest BCUT2D eigenvalue weighted by atomic mass is 14.8. The van der Waals surface area contributed by atoms with Crippen molar-refractivity contribution in [2.45, 2.75) is 19.8 Å². The van der Waals surface area contributed by atoms with Crippen molar-refractivity contribution < 1.29 is 0 Å². The molecule has 0 atom stereocenters. The standard InChI is InChI=1S/C16H16N2/c1-2-15-9-14(10-16(17)18-15)13-7-6-11-4-3-5-12(11)8-13/h3,5-10H,2,4H2,1H3,(H2,17,18). The maximum absolute atomic E-state index is 5.86. The number of hydrogen-bond acceptors (Lipinski definition) is 2. The van der Waals surface area contributed by atoms with Crippen LogP contribution in [0.3, 0.4) is 0 Å². The molecule has 1 aliphatic carbocycles. The highest BCUT2D eigenvalue weighted by molar-refractivity contribution is 5.72. The Morgan fingerprint density at radius 2 is 2.06 bits per heavy atom. The van der Waals surface area contributed by atoms with Gasteiger partial charge in [0.25, 0.3) is 0 Å². The molecule has 0 bridgehead atoms. The lowest BCUT2D eigenvalue weighted by Gasteiger charge is -2.07. The molecule has 0 aliphatic heterocycles. The van der Waals surface area contributed by atoms with E-state index in [-0.39, 0.29) is 0 Å². The van der Waals surface area contributed by atoms with Crippen molar-refractivity contribution in [1.82, 2.24) is 4.98 Å². The average Bonchev–Trinajstić information content (AvgIpc) is 2.85. The summed E-state index contributed by atoms with van der Waals surface area (Å²) in [4.78, 5) is 4.31. The lowest BCUT2D eigenvalue weighted by molar-refractivity contribution is 1.04. The van der Waals surface area contributed by atoms with E-state index < -0.39 is 0 Å². The van der Waals surface area contributed by atoms with Crippen LogP contribution >= 0.6 is 0 Å². The smallest absolute Gasteiger partial charge is 0.124 e. The predicted octanol–water partition coefficient (Wildman–Crippen LogP) is 3.46. The molecule has 3 rings (SSSR count). The molecule has 0 radical (unpaired) electrons. The maximum Gasteiger partial charge on any atom is 0.124 e. The van der Waals surface area contributed by atoms with Gasteiger partial charge < -0.3 is 5.73 Å². The van der Waals surface area contributed by atoms with Crippen molar-refractivity contribution in [1.29, 1.82) is 0 Å². The lowest BCUT2D eigenvalue weighted by atomic mass is 10.00. The molecule has 1 aliphatic rings. The number of anilines is 1. The highest BCUT2D eigenvalue weighted by Gasteiger charge is 2.08. The van der Waals surface area contributed by atoms with Gasteiger partial charge in [-0.25, -0.2) is 4.98 Å². The number of aryl methyl sites for hydroxylation is 1. The fraction of sp³-hybridized carbons (Fsp3) is 0.188. The molecular weight excluding hydrogens is 220 g/mol. The van der Waals surface area contributed by atoms with Crippen LogP contribution in [0, 0.1) is 0 Å². The molecule has 0 unspecified atom stereocenters. The van der Waals surface area contributed by atoms with Gasteiger partial charge in [0.05, 0.1) is 0 Å². The number of nitrogens with two attached hydrogens (primary N) is 1. The second-order valence-corrected chi connectivity index (χ2v) is 4.65.